The summed E-state index contributed by atoms with van der Waals surface area (Å²) in [5.41, 5.74) is 1.78. The smallest absolute Gasteiger partial charge is 0.130 e. The fraction of sp³-hybridized carbons (Fsp3) is 0.467. The molecule has 0 aromatic heterocycles. The molecule has 1 aromatic rings. The first-order valence-corrected chi connectivity index (χ1v) is 6.83. The van der Waals surface area contributed by atoms with Crippen LogP contribution in [-0.2, 0) is 0 Å². The molecule has 1 saturated carbocycles. The third-order valence-electron chi connectivity index (χ3n) is 3.21. The van der Waals surface area contributed by atoms with Gasteiger partial charge in [-0.25, -0.2) is 4.39 Å². The summed E-state index contributed by atoms with van der Waals surface area (Å²) < 4.78 is 13.7. The Balaban J connectivity index is 2.16. The number of benzene rings is 1. The molecular formula is C15H19ClFN. The second-order valence-electron chi connectivity index (χ2n) is 5.19. The van der Waals surface area contributed by atoms with Gasteiger partial charge in [-0.15, -0.1) is 0 Å². The molecule has 0 heterocycles. The van der Waals surface area contributed by atoms with E-state index in [2.05, 4.69) is 19.2 Å². The van der Waals surface area contributed by atoms with E-state index in [1.807, 2.05) is 6.08 Å². The van der Waals surface area contributed by atoms with Crippen molar-refractivity contribution in [3.63, 3.8) is 0 Å². The molecule has 0 radical (unpaired) electrons. The van der Waals surface area contributed by atoms with Crippen LogP contribution in [0.15, 0.2) is 23.8 Å². The predicted molar refractivity (Wildman–Crippen MR) is 75.2 cm³/mol. The Morgan fingerprint density at radius 3 is 2.83 bits per heavy atom. The summed E-state index contributed by atoms with van der Waals surface area (Å²) in [5, 5.41) is 4.04. The lowest BCUT2D eigenvalue weighted by atomic mass is 10.00. The Kier molecular flexibility index (Phi) is 4.41. The maximum atomic E-state index is 13.7. The van der Waals surface area contributed by atoms with Crippen molar-refractivity contribution in [3.05, 3.63) is 40.2 Å². The number of rotatable bonds is 5. The zero-order chi connectivity index (χ0) is 13.1. The van der Waals surface area contributed by atoms with Crippen LogP contribution in [0.2, 0.25) is 5.02 Å². The molecule has 1 nitrogen and oxygen atoms in total. The maximum Gasteiger partial charge on any atom is 0.130 e. The van der Waals surface area contributed by atoms with Crippen LogP contribution in [0.1, 0.15) is 32.3 Å². The molecule has 98 valence electrons. The first kappa shape index (κ1) is 13.6. The zero-order valence-corrected chi connectivity index (χ0v) is 11.6. The topological polar surface area (TPSA) is 12.0 Å². The molecule has 0 spiro atoms. The molecular weight excluding hydrogens is 249 g/mol. The van der Waals surface area contributed by atoms with Gasteiger partial charge in [-0.2, -0.15) is 0 Å². The van der Waals surface area contributed by atoms with Crippen LogP contribution < -0.4 is 5.32 Å². The highest BCUT2D eigenvalue weighted by molar-refractivity contribution is 6.30. The first-order chi connectivity index (χ1) is 8.56. The summed E-state index contributed by atoms with van der Waals surface area (Å²) in [5.74, 6) is 0.179. The van der Waals surface area contributed by atoms with E-state index in [-0.39, 0.29) is 5.82 Å². The van der Waals surface area contributed by atoms with Gasteiger partial charge in [0.1, 0.15) is 5.82 Å². The molecule has 0 aliphatic heterocycles. The van der Waals surface area contributed by atoms with Crippen LogP contribution in [-0.4, -0.2) is 12.6 Å². The van der Waals surface area contributed by atoms with Crippen molar-refractivity contribution >= 4 is 17.7 Å². The highest BCUT2D eigenvalue weighted by Crippen LogP contribution is 2.22. The van der Waals surface area contributed by atoms with Crippen LogP contribution in [0, 0.1) is 11.7 Å². The average molecular weight is 268 g/mol. The third-order valence-corrected chi connectivity index (χ3v) is 3.45. The van der Waals surface area contributed by atoms with E-state index in [0.29, 0.717) is 22.5 Å². The summed E-state index contributed by atoms with van der Waals surface area (Å²) in [4.78, 5) is 0. The normalized spacial score (nSPS) is 16.4. The van der Waals surface area contributed by atoms with Crippen molar-refractivity contribution in [2.45, 2.75) is 32.7 Å². The number of hydrogen-bond acceptors (Lipinski definition) is 1. The van der Waals surface area contributed by atoms with E-state index in [1.165, 1.54) is 24.5 Å². The number of halogens is 2. The van der Waals surface area contributed by atoms with E-state index >= 15 is 0 Å². The monoisotopic (exact) mass is 267 g/mol. The molecule has 1 aromatic carbocycles. The van der Waals surface area contributed by atoms with E-state index in [4.69, 9.17) is 11.6 Å². The summed E-state index contributed by atoms with van der Waals surface area (Å²) >= 11 is 5.91. The Bertz CT molecular complexity index is 450. The molecule has 1 aliphatic carbocycles. The molecule has 2 rings (SSSR count). The van der Waals surface area contributed by atoms with Gasteiger partial charge in [-0.3, -0.25) is 0 Å². The van der Waals surface area contributed by atoms with Gasteiger partial charge in [-0.1, -0.05) is 37.1 Å². The van der Waals surface area contributed by atoms with Crippen molar-refractivity contribution in [1.82, 2.24) is 5.32 Å². The highest BCUT2D eigenvalue weighted by atomic mass is 35.5. The summed E-state index contributed by atoms with van der Waals surface area (Å²) in [6.07, 6.45) is 4.44. The van der Waals surface area contributed by atoms with E-state index in [9.17, 15) is 4.39 Å². The minimum atomic E-state index is -0.219. The van der Waals surface area contributed by atoms with Gasteiger partial charge in [0.05, 0.1) is 0 Å². The summed E-state index contributed by atoms with van der Waals surface area (Å²) in [6.45, 7) is 5.08. The lowest BCUT2D eigenvalue weighted by Crippen LogP contribution is -2.21. The summed E-state index contributed by atoms with van der Waals surface area (Å²) in [7, 11) is 0. The number of nitrogens with one attached hydrogen (secondary N) is 1. The minimum absolute atomic E-state index is 0.219. The lowest BCUT2D eigenvalue weighted by molar-refractivity contribution is 0.623. The Morgan fingerprint density at radius 1 is 1.50 bits per heavy atom. The van der Waals surface area contributed by atoms with Gasteiger partial charge in [0.2, 0.25) is 0 Å². The van der Waals surface area contributed by atoms with Gasteiger partial charge in [0.25, 0.3) is 0 Å². The van der Waals surface area contributed by atoms with Crippen LogP contribution in [0.5, 0.6) is 0 Å². The minimum Gasteiger partial charge on any atom is -0.310 e. The van der Waals surface area contributed by atoms with Gasteiger partial charge in [-0.05, 0) is 37.0 Å². The Hall–Kier alpha value is -0.860. The molecule has 1 aliphatic rings. The molecule has 0 atom stereocenters. The van der Waals surface area contributed by atoms with Gasteiger partial charge in [0, 0.05) is 23.2 Å². The van der Waals surface area contributed by atoms with Crippen molar-refractivity contribution in [2.24, 2.45) is 5.92 Å². The molecule has 1 N–H and O–H groups in total. The zero-order valence-electron chi connectivity index (χ0n) is 10.8. The van der Waals surface area contributed by atoms with E-state index in [0.717, 1.165) is 6.54 Å². The molecule has 18 heavy (non-hydrogen) atoms. The molecule has 0 amide bonds. The van der Waals surface area contributed by atoms with Crippen molar-refractivity contribution in [3.8, 4) is 0 Å². The van der Waals surface area contributed by atoms with Crippen LogP contribution in [0.4, 0.5) is 4.39 Å². The summed E-state index contributed by atoms with van der Waals surface area (Å²) in [6, 6.07) is 5.33. The van der Waals surface area contributed by atoms with E-state index in [1.54, 1.807) is 12.1 Å². The fourth-order valence-electron chi connectivity index (χ4n) is 1.80. The second-order valence-corrected chi connectivity index (χ2v) is 5.63. The van der Waals surface area contributed by atoms with Crippen molar-refractivity contribution in [1.29, 1.82) is 0 Å². The van der Waals surface area contributed by atoms with Crippen molar-refractivity contribution in [2.75, 3.05) is 6.54 Å². The van der Waals surface area contributed by atoms with Crippen LogP contribution >= 0.6 is 11.6 Å². The number of hydrogen-bond donors (Lipinski definition) is 1. The van der Waals surface area contributed by atoms with Gasteiger partial charge < -0.3 is 5.32 Å². The highest BCUT2D eigenvalue weighted by Gasteiger charge is 2.20. The van der Waals surface area contributed by atoms with Crippen molar-refractivity contribution < 1.29 is 4.39 Å². The molecule has 1 fully saturated rings. The molecule has 3 heteroatoms. The molecule has 0 bridgehead atoms. The maximum absolute atomic E-state index is 13.7. The largest absolute Gasteiger partial charge is 0.310 e. The van der Waals surface area contributed by atoms with Crippen LogP contribution in [0.25, 0.3) is 6.08 Å². The third kappa shape index (κ3) is 3.82. The Labute approximate surface area is 113 Å². The second kappa shape index (κ2) is 5.85. The predicted octanol–water partition coefficient (Wildman–Crippen LogP) is 4.27. The van der Waals surface area contributed by atoms with Gasteiger partial charge in [0.15, 0.2) is 0 Å². The van der Waals surface area contributed by atoms with Gasteiger partial charge >= 0.3 is 0 Å². The SMILES string of the molecule is CC(C)/C(=C/c1cc(Cl)ccc1F)CNC1CC1. The van der Waals surface area contributed by atoms with Crippen LogP contribution in [0.3, 0.4) is 0 Å². The van der Waals surface area contributed by atoms with E-state index < -0.39 is 0 Å². The fourth-order valence-corrected chi connectivity index (χ4v) is 1.98. The quantitative estimate of drug-likeness (QED) is 0.840. The molecule has 0 saturated heterocycles. The standard InChI is InChI=1S/C15H19ClFN/c1-10(2)12(9-18-14-4-5-14)7-11-8-13(16)3-6-15(11)17/h3,6-8,10,14,18H,4-5,9H2,1-2H3/b12-7+. The lowest BCUT2D eigenvalue weighted by Gasteiger charge is -2.13. The first-order valence-electron chi connectivity index (χ1n) is 6.45. The average Bonchev–Trinajstić information content (AvgIpc) is 3.12. The Morgan fingerprint density at radius 2 is 2.22 bits per heavy atom. The molecule has 0 unspecified atom stereocenters.